The fraction of sp³-hybridized carbons (Fsp3) is 0. The molecule has 0 aliphatic carbocycles. The first-order chi connectivity index (χ1) is 24.3. The predicted molar refractivity (Wildman–Crippen MR) is 204 cm³/mol. The van der Waals surface area contributed by atoms with E-state index in [-0.39, 0.29) is 0 Å². The Kier molecular flexibility index (Phi) is 6.18. The number of fused-ring (bicyclic) bond motifs is 7. The zero-order valence-electron chi connectivity index (χ0n) is 26.5. The van der Waals surface area contributed by atoms with Crippen molar-refractivity contribution in [2.75, 3.05) is 4.90 Å². The lowest BCUT2D eigenvalue weighted by Crippen LogP contribution is -2.10. The molecule has 2 heterocycles. The van der Waals surface area contributed by atoms with Crippen LogP contribution in [0, 0.1) is 0 Å². The molecule has 0 atom stereocenters. The minimum absolute atomic E-state index is 0.867. The van der Waals surface area contributed by atoms with E-state index in [1.54, 1.807) is 0 Å². The largest absolute Gasteiger partial charge is 0.456 e. The molecule has 0 amide bonds. The van der Waals surface area contributed by atoms with Gasteiger partial charge in [-0.25, -0.2) is 0 Å². The first-order valence-corrected chi connectivity index (χ1v) is 16.6. The molecule has 0 saturated heterocycles. The number of rotatable bonds is 5. The van der Waals surface area contributed by atoms with Crippen LogP contribution in [0.25, 0.3) is 76.9 Å². The van der Waals surface area contributed by atoms with Crippen molar-refractivity contribution in [3.8, 4) is 22.3 Å². The molecule has 0 spiro atoms. The van der Waals surface area contributed by atoms with E-state index in [2.05, 4.69) is 157 Å². The first-order valence-electron chi connectivity index (χ1n) is 16.6. The monoisotopic (exact) mass is 627 g/mol. The van der Waals surface area contributed by atoms with Crippen molar-refractivity contribution in [2.24, 2.45) is 0 Å². The highest BCUT2D eigenvalue weighted by atomic mass is 16.3. The first kappa shape index (κ1) is 27.5. The topological polar surface area (TPSA) is 29.5 Å². The molecular weight excluding hydrogens is 599 g/mol. The highest BCUT2D eigenvalue weighted by molar-refractivity contribution is 6.21. The third-order valence-electron chi connectivity index (χ3n) is 9.66. The van der Waals surface area contributed by atoms with Crippen LogP contribution in [0.4, 0.5) is 17.1 Å². The summed E-state index contributed by atoms with van der Waals surface area (Å²) in [5.41, 5.74) is 11.4. The van der Waals surface area contributed by atoms with Gasteiger partial charge in [0.15, 0.2) is 0 Å². The molecule has 0 N–H and O–H groups in total. The molecule has 0 unspecified atom stereocenters. The van der Waals surface area contributed by atoms with Gasteiger partial charge >= 0.3 is 0 Å². The highest BCUT2D eigenvalue weighted by Gasteiger charge is 2.21. The van der Waals surface area contributed by atoms with Gasteiger partial charge in [0.05, 0.1) is 11.1 Å². The Morgan fingerprint density at radius 3 is 1.59 bits per heavy atom. The van der Waals surface area contributed by atoms with Gasteiger partial charge in [0.25, 0.3) is 0 Å². The number of benzene rings is 8. The number of hydrogen-bond acceptors (Lipinski definition) is 3. The van der Waals surface area contributed by atoms with Crippen molar-refractivity contribution in [2.45, 2.75) is 0 Å². The standard InChI is InChI=1S/C46H29NO2/c1-2-11-30(12-3-1)31-21-25-34(26-22-31)47(39-17-10-20-42-45(39)37-15-6-8-18-40(37)48-42)35-27-23-32(24-28-35)44-36-14-5-4-13-33(36)29-43-46(44)38-16-7-9-19-41(38)49-43/h1-29H. The number of furan rings is 2. The van der Waals surface area contributed by atoms with Gasteiger partial charge in [-0.05, 0) is 82.1 Å². The van der Waals surface area contributed by atoms with E-state index in [0.29, 0.717) is 0 Å². The zero-order valence-corrected chi connectivity index (χ0v) is 26.5. The van der Waals surface area contributed by atoms with Gasteiger partial charge in [0.1, 0.15) is 22.3 Å². The molecule has 3 heteroatoms. The van der Waals surface area contributed by atoms with Crippen molar-refractivity contribution in [3.63, 3.8) is 0 Å². The number of para-hydroxylation sites is 2. The lowest BCUT2D eigenvalue weighted by atomic mass is 9.93. The fourth-order valence-corrected chi connectivity index (χ4v) is 7.43. The van der Waals surface area contributed by atoms with Crippen LogP contribution >= 0.6 is 0 Å². The predicted octanol–water partition coefficient (Wildman–Crippen LogP) is 13.4. The lowest BCUT2D eigenvalue weighted by molar-refractivity contribution is 0.669. The summed E-state index contributed by atoms with van der Waals surface area (Å²) in [6.07, 6.45) is 0. The maximum absolute atomic E-state index is 6.39. The molecule has 230 valence electrons. The van der Waals surface area contributed by atoms with Gasteiger partial charge in [0, 0.05) is 33.1 Å². The Bertz CT molecular complexity index is 2810. The second kappa shape index (κ2) is 11.0. The van der Waals surface area contributed by atoms with E-state index in [9.17, 15) is 0 Å². The number of anilines is 3. The minimum atomic E-state index is 0.867. The van der Waals surface area contributed by atoms with Gasteiger partial charge in [0.2, 0.25) is 0 Å². The van der Waals surface area contributed by atoms with Crippen LogP contribution < -0.4 is 4.90 Å². The van der Waals surface area contributed by atoms with E-state index >= 15 is 0 Å². The van der Waals surface area contributed by atoms with Gasteiger partial charge in [-0.2, -0.15) is 0 Å². The second-order valence-electron chi connectivity index (χ2n) is 12.5. The molecule has 10 rings (SSSR count). The van der Waals surface area contributed by atoms with Gasteiger partial charge < -0.3 is 13.7 Å². The van der Waals surface area contributed by atoms with Crippen LogP contribution in [-0.4, -0.2) is 0 Å². The van der Waals surface area contributed by atoms with Gasteiger partial charge in [-0.3, -0.25) is 0 Å². The third kappa shape index (κ3) is 4.44. The minimum Gasteiger partial charge on any atom is -0.456 e. The molecule has 49 heavy (non-hydrogen) atoms. The van der Waals surface area contributed by atoms with Gasteiger partial charge in [-0.1, -0.05) is 121 Å². The lowest BCUT2D eigenvalue weighted by Gasteiger charge is -2.27. The van der Waals surface area contributed by atoms with E-state index in [4.69, 9.17) is 8.83 Å². The third-order valence-corrected chi connectivity index (χ3v) is 9.66. The van der Waals surface area contributed by atoms with Crippen molar-refractivity contribution in [3.05, 3.63) is 176 Å². The normalized spacial score (nSPS) is 11.7. The van der Waals surface area contributed by atoms with E-state index < -0.39 is 0 Å². The molecule has 3 nitrogen and oxygen atoms in total. The Morgan fingerprint density at radius 2 is 0.878 bits per heavy atom. The van der Waals surface area contributed by atoms with Crippen LogP contribution in [0.1, 0.15) is 0 Å². The molecule has 10 aromatic rings. The maximum atomic E-state index is 6.39. The van der Waals surface area contributed by atoms with Crippen molar-refractivity contribution < 1.29 is 8.83 Å². The fourth-order valence-electron chi connectivity index (χ4n) is 7.43. The average Bonchev–Trinajstić information content (AvgIpc) is 3.74. The van der Waals surface area contributed by atoms with Crippen LogP contribution in [0.2, 0.25) is 0 Å². The van der Waals surface area contributed by atoms with Crippen LogP contribution in [-0.2, 0) is 0 Å². The summed E-state index contributed by atoms with van der Waals surface area (Å²) in [5.74, 6) is 0. The molecule has 0 fully saturated rings. The second-order valence-corrected chi connectivity index (χ2v) is 12.5. The summed E-state index contributed by atoms with van der Waals surface area (Å²) in [6, 6.07) is 62.0. The number of hydrogen-bond donors (Lipinski definition) is 0. The summed E-state index contributed by atoms with van der Waals surface area (Å²) in [4.78, 5) is 2.34. The summed E-state index contributed by atoms with van der Waals surface area (Å²) in [6.45, 7) is 0. The van der Waals surface area contributed by atoms with Crippen molar-refractivity contribution in [1.29, 1.82) is 0 Å². The Labute approximate surface area is 282 Å². The molecule has 0 saturated carbocycles. The highest BCUT2D eigenvalue weighted by Crippen LogP contribution is 2.45. The number of nitrogens with zero attached hydrogens (tertiary/aromatic N) is 1. The summed E-state index contributed by atoms with van der Waals surface area (Å²) in [5, 5.41) is 6.82. The van der Waals surface area contributed by atoms with E-state index in [1.165, 1.54) is 22.1 Å². The van der Waals surface area contributed by atoms with Gasteiger partial charge in [-0.15, -0.1) is 0 Å². The van der Waals surface area contributed by atoms with Crippen LogP contribution in [0.15, 0.2) is 185 Å². The van der Waals surface area contributed by atoms with E-state index in [1.807, 2.05) is 24.3 Å². The SMILES string of the molecule is c1ccc(-c2ccc(N(c3ccc(-c4c5ccccc5cc5oc6ccccc6c45)cc3)c3cccc4oc5ccccc5c34)cc2)cc1. The van der Waals surface area contributed by atoms with Crippen LogP contribution in [0.3, 0.4) is 0 Å². The Morgan fingerprint density at radius 1 is 0.347 bits per heavy atom. The molecule has 2 aromatic heterocycles. The molecule has 0 aliphatic rings. The van der Waals surface area contributed by atoms with Crippen molar-refractivity contribution in [1.82, 2.24) is 0 Å². The van der Waals surface area contributed by atoms with Crippen molar-refractivity contribution >= 4 is 71.7 Å². The Balaban J connectivity index is 1.18. The van der Waals surface area contributed by atoms with E-state index in [0.717, 1.165) is 71.9 Å². The summed E-state index contributed by atoms with van der Waals surface area (Å²) in [7, 11) is 0. The average molecular weight is 628 g/mol. The quantitative estimate of drug-likeness (QED) is 0.190. The zero-order chi connectivity index (χ0) is 32.3. The smallest absolute Gasteiger partial charge is 0.137 e. The molecule has 0 aliphatic heterocycles. The maximum Gasteiger partial charge on any atom is 0.137 e. The molecule has 0 radical (unpaired) electrons. The molecule has 8 aromatic carbocycles. The Hall–Kier alpha value is -6.58. The molecular formula is C46H29NO2. The summed E-state index contributed by atoms with van der Waals surface area (Å²) < 4.78 is 12.7. The van der Waals surface area contributed by atoms with Crippen LogP contribution in [0.5, 0.6) is 0 Å². The molecule has 0 bridgehead atoms. The summed E-state index contributed by atoms with van der Waals surface area (Å²) >= 11 is 0.